The lowest BCUT2D eigenvalue weighted by molar-refractivity contribution is 0.194. The SMILES string of the molecule is Cc1ccsc1CNC(=O)N(C)C(C)c1ccc(-n2cncn2)cc1. The van der Waals surface area contributed by atoms with Crippen molar-refractivity contribution >= 4 is 17.4 Å². The molecule has 0 saturated heterocycles. The van der Waals surface area contributed by atoms with Crippen LogP contribution in [0, 0.1) is 6.92 Å². The first-order valence-corrected chi connectivity index (χ1v) is 8.93. The number of hydrogen-bond acceptors (Lipinski definition) is 4. The quantitative estimate of drug-likeness (QED) is 0.761. The second-order valence-corrected chi connectivity index (χ2v) is 6.90. The fraction of sp³-hybridized carbons (Fsp3) is 0.278. The molecule has 0 aliphatic rings. The molecule has 0 fully saturated rings. The molecule has 3 aromatic rings. The summed E-state index contributed by atoms with van der Waals surface area (Å²) in [7, 11) is 1.81. The van der Waals surface area contributed by atoms with E-state index in [-0.39, 0.29) is 12.1 Å². The number of nitrogens with one attached hydrogen (secondary N) is 1. The molecule has 6 nitrogen and oxygen atoms in total. The maximum Gasteiger partial charge on any atom is 0.317 e. The van der Waals surface area contributed by atoms with Crippen LogP contribution < -0.4 is 5.32 Å². The van der Waals surface area contributed by atoms with E-state index in [1.165, 1.54) is 16.8 Å². The monoisotopic (exact) mass is 355 g/mol. The van der Waals surface area contributed by atoms with Crippen LogP contribution in [0.3, 0.4) is 0 Å². The van der Waals surface area contributed by atoms with Crippen molar-refractivity contribution in [2.24, 2.45) is 0 Å². The van der Waals surface area contributed by atoms with Gasteiger partial charge in [0.1, 0.15) is 12.7 Å². The highest BCUT2D eigenvalue weighted by Crippen LogP contribution is 2.21. The minimum absolute atomic E-state index is 0.0331. The van der Waals surface area contributed by atoms with E-state index in [1.54, 1.807) is 27.2 Å². The van der Waals surface area contributed by atoms with Crippen LogP contribution in [0.5, 0.6) is 0 Å². The van der Waals surface area contributed by atoms with Gasteiger partial charge in [-0.05, 0) is 48.6 Å². The zero-order valence-corrected chi connectivity index (χ0v) is 15.3. The van der Waals surface area contributed by atoms with Crippen LogP contribution in [-0.4, -0.2) is 32.7 Å². The van der Waals surface area contributed by atoms with Crippen molar-refractivity contribution in [1.29, 1.82) is 0 Å². The predicted molar refractivity (Wildman–Crippen MR) is 98.8 cm³/mol. The van der Waals surface area contributed by atoms with Crippen LogP contribution in [-0.2, 0) is 6.54 Å². The van der Waals surface area contributed by atoms with Crippen LogP contribution in [0.15, 0.2) is 48.4 Å². The molecular weight excluding hydrogens is 334 g/mol. The van der Waals surface area contributed by atoms with E-state index in [9.17, 15) is 4.79 Å². The number of urea groups is 1. The molecule has 2 aromatic heterocycles. The molecule has 3 rings (SSSR count). The lowest BCUT2D eigenvalue weighted by Crippen LogP contribution is -2.38. The first-order chi connectivity index (χ1) is 12.1. The minimum Gasteiger partial charge on any atom is -0.333 e. The number of rotatable bonds is 5. The van der Waals surface area contributed by atoms with Crippen LogP contribution in [0.25, 0.3) is 5.69 Å². The Morgan fingerprint density at radius 2 is 2.08 bits per heavy atom. The van der Waals surface area contributed by atoms with E-state index in [1.807, 2.05) is 43.6 Å². The lowest BCUT2D eigenvalue weighted by atomic mass is 10.1. The molecule has 1 atom stereocenters. The van der Waals surface area contributed by atoms with E-state index in [0.29, 0.717) is 6.54 Å². The van der Waals surface area contributed by atoms with Crippen molar-refractivity contribution in [2.75, 3.05) is 7.05 Å². The van der Waals surface area contributed by atoms with E-state index in [2.05, 4.69) is 28.4 Å². The first-order valence-electron chi connectivity index (χ1n) is 8.05. The topological polar surface area (TPSA) is 63.1 Å². The summed E-state index contributed by atoms with van der Waals surface area (Å²) < 4.78 is 1.70. The molecular formula is C18H21N5OS. The normalized spacial score (nSPS) is 12.0. The third-order valence-electron chi connectivity index (χ3n) is 4.33. The summed E-state index contributed by atoms with van der Waals surface area (Å²) >= 11 is 1.66. The fourth-order valence-electron chi connectivity index (χ4n) is 2.51. The smallest absolute Gasteiger partial charge is 0.317 e. The van der Waals surface area contributed by atoms with E-state index >= 15 is 0 Å². The Labute approximate surface area is 151 Å². The van der Waals surface area contributed by atoms with E-state index in [4.69, 9.17) is 0 Å². The second-order valence-electron chi connectivity index (χ2n) is 5.90. The van der Waals surface area contributed by atoms with Gasteiger partial charge in [0.15, 0.2) is 0 Å². The maximum atomic E-state index is 12.4. The summed E-state index contributed by atoms with van der Waals surface area (Å²) in [6, 6.07) is 9.91. The highest BCUT2D eigenvalue weighted by atomic mass is 32.1. The Bertz CT molecular complexity index is 826. The molecule has 0 spiro atoms. The molecule has 2 heterocycles. The number of thiophene rings is 1. The van der Waals surface area contributed by atoms with Crippen LogP contribution in [0.4, 0.5) is 4.79 Å². The molecule has 130 valence electrons. The van der Waals surface area contributed by atoms with Crippen molar-refractivity contribution in [3.63, 3.8) is 0 Å². The average Bonchev–Trinajstić information content (AvgIpc) is 3.30. The van der Waals surface area contributed by atoms with Crippen molar-refractivity contribution in [2.45, 2.75) is 26.4 Å². The number of benzene rings is 1. The van der Waals surface area contributed by atoms with Crippen molar-refractivity contribution in [3.05, 3.63) is 64.4 Å². The van der Waals surface area contributed by atoms with Gasteiger partial charge in [-0.1, -0.05) is 12.1 Å². The molecule has 1 unspecified atom stereocenters. The number of carbonyl (C=O) groups excluding carboxylic acids is 1. The standard InChI is InChI=1S/C18H21N5OS/c1-13-8-9-25-17(13)10-20-18(24)22(3)14(2)15-4-6-16(7-5-15)23-12-19-11-21-23/h4-9,11-12,14H,10H2,1-3H3,(H,20,24). The van der Waals surface area contributed by atoms with Crippen LogP contribution in [0.1, 0.15) is 29.0 Å². The van der Waals surface area contributed by atoms with Gasteiger partial charge in [-0.15, -0.1) is 11.3 Å². The average molecular weight is 355 g/mol. The van der Waals surface area contributed by atoms with Crippen molar-refractivity contribution < 1.29 is 4.79 Å². The molecule has 7 heteroatoms. The number of nitrogens with zero attached hydrogens (tertiary/aromatic N) is 4. The summed E-state index contributed by atoms with van der Waals surface area (Å²) in [5.41, 5.74) is 3.22. The van der Waals surface area contributed by atoms with Gasteiger partial charge < -0.3 is 10.2 Å². The first kappa shape index (κ1) is 17.2. The number of amides is 2. The highest BCUT2D eigenvalue weighted by molar-refractivity contribution is 7.10. The number of aryl methyl sites for hydroxylation is 1. The fourth-order valence-corrected chi connectivity index (χ4v) is 3.36. The lowest BCUT2D eigenvalue weighted by Gasteiger charge is -2.25. The third kappa shape index (κ3) is 3.88. The van der Waals surface area contributed by atoms with Gasteiger partial charge in [0.05, 0.1) is 18.3 Å². The number of aromatic nitrogens is 3. The summed E-state index contributed by atoms with van der Waals surface area (Å²) in [5.74, 6) is 0. The molecule has 0 bridgehead atoms. The number of hydrogen-bond donors (Lipinski definition) is 1. The third-order valence-corrected chi connectivity index (χ3v) is 5.35. The van der Waals surface area contributed by atoms with Crippen LogP contribution >= 0.6 is 11.3 Å². The van der Waals surface area contributed by atoms with Gasteiger partial charge in [-0.25, -0.2) is 14.5 Å². The zero-order chi connectivity index (χ0) is 17.8. The van der Waals surface area contributed by atoms with Crippen molar-refractivity contribution in [3.8, 4) is 5.69 Å². The minimum atomic E-state index is -0.0827. The molecule has 0 aliphatic carbocycles. The summed E-state index contributed by atoms with van der Waals surface area (Å²) in [5, 5.41) is 9.14. The Kier molecular flexibility index (Phi) is 5.14. The number of carbonyl (C=O) groups is 1. The van der Waals surface area contributed by atoms with Gasteiger partial charge in [0.25, 0.3) is 0 Å². The molecule has 0 aliphatic heterocycles. The molecule has 2 amide bonds. The van der Waals surface area contributed by atoms with Gasteiger partial charge in [0.2, 0.25) is 0 Å². The Morgan fingerprint density at radius 3 is 2.68 bits per heavy atom. The molecule has 1 N–H and O–H groups in total. The summed E-state index contributed by atoms with van der Waals surface area (Å²) in [6.45, 7) is 4.63. The van der Waals surface area contributed by atoms with E-state index in [0.717, 1.165) is 11.3 Å². The van der Waals surface area contributed by atoms with Gasteiger partial charge in [-0.2, -0.15) is 5.10 Å². The van der Waals surface area contributed by atoms with Gasteiger partial charge >= 0.3 is 6.03 Å². The predicted octanol–water partition coefficient (Wildman–Crippen LogP) is 3.54. The molecule has 0 saturated carbocycles. The summed E-state index contributed by atoms with van der Waals surface area (Å²) in [4.78, 5) is 19.3. The summed E-state index contributed by atoms with van der Waals surface area (Å²) in [6.07, 6.45) is 3.16. The molecule has 1 aromatic carbocycles. The molecule has 25 heavy (non-hydrogen) atoms. The van der Waals surface area contributed by atoms with Gasteiger partial charge in [-0.3, -0.25) is 0 Å². The highest BCUT2D eigenvalue weighted by Gasteiger charge is 2.17. The maximum absolute atomic E-state index is 12.4. The van der Waals surface area contributed by atoms with E-state index < -0.39 is 0 Å². The largest absolute Gasteiger partial charge is 0.333 e. The Balaban J connectivity index is 1.62. The van der Waals surface area contributed by atoms with Crippen molar-refractivity contribution in [1.82, 2.24) is 25.0 Å². The Hall–Kier alpha value is -2.67. The zero-order valence-electron chi connectivity index (χ0n) is 14.5. The second kappa shape index (κ2) is 7.48. The van der Waals surface area contributed by atoms with Crippen LogP contribution in [0.2, 0.25) is 0 Å². The van der Waals surface area contributed by atoms with Gasteiger partial charge in [0, 0.05) is 11.9 Å². The Morgan fingerprint density at radius 1 is 1.32 bits per heavy atom. The molecule has 0 radical (unpaired) electrons.